The lowest BCUT2D eigenvalue weighted by Crippen LogP contribution is -2.48. The van der Waals surface area contributed by atoms with Crippen molar-refractivity contribution in [1.29, 1.82) is 15.8 Å². The minimum absolute atomic E-state index is 0.0699. The first-order valence-electron chi connectivity index (χ1n) is 8.82. The van der Waals surface area contributed by atoms with E-state index in [9.17, 15) is 15.8 Å². The van der Waals surface area contributed by atoms with Crippen molar-refractivity contribution in [1.82, 2.24) is 4.90 Å². The fraction of sp³-hybridized carbons (Fsp3) is 0.381. The Balaban J connectivity index is 2.29. The number of halogens is 1. The molecule has 0 radical (unpaired) electrons. The van der Waals surface area contributed by atoms with Crippen LogP contribution < -0.4 is 5.73 Å². The first-order valence-corrected chi connectivity index (χ1v) is 9.61. The molecule has 5 nitrogen and oxygen atoms in total. The predicted octanol–water partition coefficient (Wildman–Crippen LogP) is 3.58. The van der Waals surface area contributed by atoms with Gasteiger partial charge in [0.05, 0.1) is 29.5 Å². The van der Waals surface area contributed by atoms with E-state index in [1.54, 1.807) is 0 Å². The third kappa shape index (κ3) is 2.94. The van der Waals surface area contributed by atoms with Crippen LogP contribution in [-0.4, -0.2) is 24.0 Å². The molecule has 0 fully saturated rings. The van der Waals surface area contributed by atoms with Crippen molar-refractivity contribution in [2.75, 3.05) is 13.1 Å². The van der Waals surface area contributed by atoms with Crippen LogP contribution in [0.25, 0.3) is 0 Å². The Bertz CT molecular complexity index is 940. The van der Waals surface area contributed by atoms with Gasteiger partial charge in [0.25, 0.3) is 0 Å². The van der Waals surface area contributed by atoms with Gasteiger partial charge in [-0.1, -0.05) is 34.1 Å². The van der Waals surface area contributed by atoms with Crippen molar-refractivity contribution < 1.29 is 0 Å². The number of benzene rings is 1. The third-order valence-electron chi connectivity index (χ3n) is 5.61. The molecule has 1 aliphatic heterocycles. The Kier molecular flexibility index (Phi) is 5.11. The van der Waals surface area contributed by atoms with E-state index in [1.165, 1.54) is 0 Å². The monoisotopic (exact) mass is 421 g/mol. The van der Waals surface area contributed by atoms with Crippen LogP contribution in [0.3, 0.4) is 0 Å². The number of nitriles is 3. The van der Waals surface area contributed by atoms with Crippen molar-refractivity contribution in [3.05, 3.63) is 57.2 Å². The van der Waals surface area contributed by atoms with Gasteiger partial charge in [0.1, 0.15) is 0 Å². The van der Waals surface area contributed by atoms with E-state index in [4.69, 9.17) is 5.73 Å². The predicted molar refractivity (Wildman–Crippen MR) is 106 cm³/mol. The number of fused-ring (bicyclic) bond motifs is 1. The van der Waals surface area contributed by atoms with Crippen LogP contribution in [-0.2, 0) is 0 Å². The van der Waals surface area contributed by atoms with E-state index in [1.807, 2.05) is 30.3 Å². The minimum atomic E-state index is -1.57. The normalized spacial score (nSPS) is 24.4. The second kappa shape index (κ2) is 7.20. The summed E-state index contributed by atoms with van der Waals surface area (Å²) >= 11 is 3.50. The van der Waals surface area contributed by atoms with E-state index < -0.39 is 5.41 Å². The first-order chi connectivity index (χ1) is 12.9. The smallest absolute Gasteiger partial charge is 0.204 e. The van der Waals surface area contributed by atoms with Crippen molar-refractivity contribution in [3.8, 4) is 18.2 Å². The van der Waals surface area contributed by atoms with Gasteiger partial charge in [-0.3, -0.25) is 4.90 Å². The quantitative estimate of drug-likeness (QED) is 0.735. The molecule has 2 N–H and O–H groups in total. The van der Waals surface area contributed by atoms with E-state index in [2.05, 4.69) is 52.9 Å². The van der Waals surface area contributed by atoms with Crippen molar-refractivity contribution >= 4 is 15.9 Å². The maximum absolute atomic E-state index is 9.90. The third-order valence-corrected chi connectivity index (χ3v) is 6.10. The minimum Gasteiger partial charge on any atom is -0.399 e. The largest absolute Gasteiger partial charge is 0.399 e. The molecule has 0 unspecified atom stereocenters. The maximum atomic E-state index is 9.90. The Morgan fingerprint density at radius 1 is 1.26 bits per heavy atom. The second-order valence-electron chi connectivity index (χ2n) is 7.26. The number of nitrogens with zero attached hydrogens (tertiary/aromatic N) is 4. The number of allylic oxidation sites excluding steroid dienone is 2. The van der Waals surface area contributed by atoms with Gasteiger partial charge < -0.3 is 5.73 Å². The molecule has 3 rings (SSSR count). The molecule has 0 bridgehead atoms. The molecule has 1 aromatic carbocycles. The molecule has 0 saturated heterocycles. The van der Waals surface area contributed by atoms with E-state index >= 15 is 0 Å². The summed E-state index contributed by atoms with van der Waals surface area (Å²) in [6.45, 7) is 5.57. The molecule has 0 spiro atoms. The van der Waals surface area contributed by atoms with Gasteiger partial charge in [0.15, 0.2) is 0 Å². The van der Waals surface area contributed by atoms with Crippen molar-refractivity contribution in [3.63, 3.8) is 0 Å². The van der Waals surface area contributed by atoms with Gasteiger partial charge in [0, 0.05) is 35.4 Å². The molecule has 1 aliphatic carbocycles. The topological polar surface area (TPSA) is 101 Å². The molecule has 2 atom stereocenters. The van der Waals surface area contributed by atoms with Crippen LogP contribution in [0, 0.1) is 45.3 Å². The summed E-state index contributed by atoms with van der Waals surface area (Å²) in [5.74, 6) is -0.438. The van der Waals surface area contributed by atoms with E-state index in [0.717, 1.165) is 15.6 Å². The van der Waals surface area contributed by atoms with Crippen LogP contribution in [0.1, 0.15) is 25.3 Å². The summed E-state index contributed by atoms with van der Waals surface area (Å²) in [4.78, 5) is 2.29. The molecule has 2 aliphatic rings. The lowest BCUT2D eigenvalue weighted by Gasteiger charge is -2.46. The molecule has 6 heteroatoms. The molecule has 0 amide bonds. The van der Waals surface area contributed by atoms with Gasteiger partial charge in [-0.2, -0.15) is 15.8 Å². The summed E-state index contributed by atoms with van der Waals surface area (Å²) in [6, 6.07) is 14.6. The van der Waals surface area contributed by atoms with Gasteiger partial charge >= 0.3 is 0 Å². The van der Waals surface area contributed by atoms with Gasteiger partial charge in [-0.15, -0.1) is 0 Å². The summed E-state index contributed by atoms with van der Waals surface area (Å²) in [7, 11) is 0. The number of nitrogens with two attached hydrogens (primary N) is 1. The Morgan fingerprint density at radius 3 is 2.52 bits per heavy atom. The molecule has 0 aromatic heterocycles. The van der Waals surface area contributed by atoms with Gasteiger partial charge in [-0.05, 0) is 37.1 Å². The molecule has 1 aromatic rings. The van der Waals surface area contributed by atoms with Crippen molar-refractivity contribution in [2.45, 2.75) is 25.8 Å². The molecule has 27 heavy (non-hydrogen) atoms. The average molecular weight is 422 g/mol. The maximum Gasteiger partial charge on any atom is 0.204 e. The zero-order valence-corrected chi connectivity index (χ0v) is 16.9. The molecule has 136 valence electrons. The van der Waals surface area contributed by atoms with Crippen LogP contribution >= 0.6 is 15.9 Å². The highest BCUT2D eigenvalue weighted by Gasteiger charge is 2.52. The highest BCUT2D eigenvalue weighted by molar-refractivity contribution is 9.10. The van der Waals surface area contributed by atoms with Gasteiger partial charge in [-0.25, -0.2) is 0 Å². The number of hydrogen-bond donors (Lipinski definition) is 1. The summed E-state index contributed by atoms with van der Waals surface area (Å²) in [6.07, 6.45) is 1.96. The zero-order valence-electron chi connectivity index (χ0n) is 15.3. The zero-order chi connectivity index (χ0) is 19.8. The van der Waals surface area contributed by atoms with E-state index in [-0.39, 0.29) is 17.5 Å². The summed E-state index contributed by atoms with van der Waals surface area (Å²) in [5, 5.41) is 29.7. The molecule has 1 heterocycles. The van der Waals surface area contributed by atoms with Crippen LogP contribution in [0.2, 0.25) is 0 Å². The van der Waals surface area contributed by atoms with Gasteiger partial charge in [0.2, 0.25) is 5.41 Å². The average Bonchev–Trinajstić information content (AvgIpc) is 2.67. The fourth-order valence-electron chi connectivity index (χ4n) is 4.16. The lowest BCUT2D eigenvalue weighted by atomic mass is 9.60. The summed E-state index contributed by atoms with van der Waals surface area (Å²) < 4.78 is 0.912. The Hall–Kier alpha value is -2.59. The highest BCUT2D eigenvalue weighted by atomic mass is 79.9. The van der Waals surface area contributed by atoms with Crippen LogP contribution in [0.4, 0.5) is 0 Å². The lowest BCUT2D eigenvalue weighted by molar-refractivity contribution is 0.186. The van der Waals surface area contributed by atoms with Crippen LogP contribution in [0.5, 0.6) is 0 Å². The molecule has 0 saturated carbocycles. The first kappa shape index (κ1) is 19.2. The van der Waals surface area contributed by atoms with Crippen molar-refractivity contribution in [2.24, 2.45) is 17.1 Å². The number of hydrogen-bond acceptors (Lipinski definition) is 5. The Morgan fingerprint density at radius 2 is 1.96 bits per heavy atom. The summed E-state index contributed by atoms with van der Waals surface area (Å²) in [5.41, 5.74) is 6.81. The van der Waals surface area contributed by atoms with E-state index in [0.29, 0.717) is 24.7 Å². The second-order valence-corrected chi connectivity index (χ2v) is 8.17. The Labute approximate surface area is 168 Å². The standard InChI is InChI=1S/C21H20BrN5/c1-13(2)27-7-6-18-17(10-27)19(14-4-3-5-15(22)8-14)16(9-23)20(26)21(18,11-24)12-25/h3-6,8,13,17,19H,7,10,26H2,1-2H3/t17-,19-/m1/s1. The van der Waals surface area contributed by atoms with Crippen LogP contribution in [0.15, 0.2) is 51.7 Å². The SMILES string of the molecule is CC(C)N1CC=C2[C@@H](C1)[C@H](c1cccc(Br)c1)C(C#N)=C(N)C2(C#N)C#N. The fourth-order valence-corrected chi connectivity index (χ4v) is 4.58. The highest BCUT2D eigenvalue weighted by Crippen LogP contribution is 2.53. The number of rotatable bonds is 2. The molecular weight excluding hydrogens is 402 g/mol. The molecular formula is C21H20BrN5.